The minimum atomic E-state index is -0.293. The van der Waals surface area contributed by atoms with Crippen LogP contribution in [-0.4, -0.2) is 13.0 Å². The van der Waals surface area contributed by atoms with Crippen LogP contribution in [0.15, 0.2) is 72.8 Å². The Morgan fingerprint density at radius 1 is 0.929 bits per heavy atom. The molecule has 1 heterocycles. The number of anilines is 2. The average molecular weight is 372 g/mol. The van der Waals surface area contributed by atoms with Crippen molar-refractivity contribution < 1.29 is 9.53 Å². The molecule has 1 N–H and O–H groups in total. The molecule has 0 fully saturated rings. The van der Waals surface area contributed by atoms with Crippen molar-refractivity contribution in [3.8, 4) is 5.75 Å². The standard InChI is InChI=1S/C24H24N2O2/c1-16(2)17-8-12-19(13-9-17)26-23(18-10-14-20(28-3)15-11-18)25-22-7-5-4-6-21(22)24(26)27/h4-16,23,25H,1-3H3/t23-/m1/s1. The first-order valence-electron chi connectivity index (χ1n) is 9.51. The molecule has 0 aliphatic carbocycles. The van der Waals surface area contributed by atoms with E-state index in [4.69, 9.17) is 4.74 Å². The van der Waals surface area contributed by atoms with Crippen molar-refractivity contribution in [1.82, 2.24) is 0 Å². The molecule has 28 heavy (non-hydrogen) atoms. The minimum absolute atomic E-state index is 0.00698. The number of ether oxygens (including phenoxy) is 1. The third kappa shape index (κ3) is 3.22. The van der Waals surface area contributed by atoms with Crippen molar-refractivity contribution in [3.05, 3.63) is 89.5 Å². The van der Waals surface area contributed by atoms with Gasteiger partial charge in [0.15, 0.2) is 0 Å². The fraction of sp³-hybridized carbons (Fsp3) is 0.208. The number of nitrogens with one attached hydrogen (secondary N) is 1. The van der Waals surface area contributed by atoms with Crippen LogP contribution in [0.4, 0.5) is 11.4 Å². The predicted octanol–water partition coefficient (Wildman–Crippen LogP) is 5.59. The molecule has 3 aromatic carbocycles. The van der Waals surface area contributed by atoms with E-state index in [1.165, 1.54) is 5.56 Å². The number of carbonyl (C=O) groups is 1. The third-order valence-electron chi connectivity index (χ3n) is 5.20. The van der Waals surface area contributed by atoms with Crippen molar-refractivity contribution in [2.24, 2.45) is 0 Å². The van der Waals surface area contributed by atoms with Gasteiger partial charge in [-0.15, -0.1) is 0 Å². The molecular formula is C24H24N2O2. The summed E-state index contributed by atoms with van der Waals surface area (Å²) in [5, 5.41) is 3.53. The lowest BCUT2D eigenvalue weighted by Gasteiger charge is -2.38. The first-order chi connectivity index (χ1) is 13.6. The molecule has 1 amide bonds. The number of hydrogen-bond donors (Lipinski definition) is 1. The summed E-state index contributed by atoms with van der Waals surface area (Å²) in [6.45, 7) is 4.33. The number of amides is 1. The number of nitrogens with zero attached hydrogens (tertiary/aromatic N) is 1. The van der Waals surface area contributed by atoms with Crippen molar-refractivity contribution in [2.75, 3.05) is 17.3 Å². The zero-order chi connectivity index (χ0) is 19.7. The Morgan fingerprint density at radius 3 is 2.25 bits per heavy atom. The summed E-state index contributed by atoms with van der Waals surface area (Å²) in [4.78, 5) is 15.2. The molecule has 0 bridgehead atoms. The maximum atomic E-state index is 13.4. The summed E-state index contributed by atoms with van der Waals surface area (Å²) in [7, 11) is 1.65. The molecule has 4 nitrogen and oxygen atoms in total. The topological polar surface area (TPSA) is 41.6 Å². The Bertz CT molecular complexity index is 978. The molecule has 0 spiro atoms. The lowest BCUT2D eigenvalue weighted by molar-refractivity contribution is 0.0975. The van der Waals surface area contributed by atoms with Gasteiger partial charge in [-0.05, 0) is 53.4 Å². The van der Waals surface area contributed by atoms with Crippen LogP contribution in [0, 0.1) is 0 Å². The number of methoxy groups -OCH3 is 1. The van der Waals surface area contributed by atoms with Gasteiger partial charge in [0.25, 0.3) is 5.91 Å². The fourth-order valence-corrected chi connectivity index (χ4v) is 3.56. The normalized spacial score (nSPS) is 15.9. The monoisotopic (exact) mass is 372 g/mol. The van der Waals surface area contributed by atoms with Crippen LogP contribution >= 0.6 is 0 Å². The van der Waals surface area contributed by atoms with Gasteiger partial charge in [0.2, 0.25) is 0 Å². The summed E-state index contributed by atoms with van der Waals surface area (Å²) in [5.41, 5.74) is 4.65. The summed E-state index contributed by atoms with van der Waals surface area (Å²) in [6.07, 6.45) is -0.293. The van der Waals surface area contributed by atoms with Gasteiger partial charge in [-0.3, -0.25) is 9.69 Å². The van der Waals surface area contributed by atoms with Crippen LogP contribution in [0.1, 0.15) is 47.4 Å². The number of carbonyl (C=O) groups excluding carboxylic acids is 1. The van der Waals surface area contributed by atoms with Gasteiger partial charge < -0.3 is 10.1 Å². The maximum absolute atomic E-state index is 13.4. The highest BCUT2D eigenvalue weighted by Crippen LogP contribution is 2.37. The third-order valence-corrected chi connectivity index (χ3v) is 5.20. The highest BCUT2D eigenvalue weighted by atomic mass is 16.5. The second-order valence-electron chi connectivity index (χ2n) is 7.29. The van der Waals surface area contributed by atoms with E-state index in [9.17, 15) is 4.79 Å². The second-order valence-corrected chi connectivity index (χ2v) is 7.29. The molecular weight excluding hydrogens is 348 g/mol. The number of hydrogen-bond acceptors (Lipinski definition) is 3. The Labute approximate surface area is 165 Å². The van der Waals surface area contributed by atoms with Crippen LogP contribution in [0.2, 0.25) is 0 Å². The molecule has 1 aliphatic rings. The maximum Gasteiger partial charge on any atom is 0.262 e. The van der Waals surface area contributed by atoms with Gasteiger partial charge >= 0.3 is 0 Å². The highest BCUT2D eigenvalue weighted by Gasteiger charge is 2.33. The quantitative estimate of drug-likeness (QED) is 0.649. The van der Waals surface area contributed by atoms with Gasteiger partial charge in [0.05, 0.1) is 12.7 Å². The van der Waals surface area contributed by atoms with Crippen LogP contribution < -0.4 is 15.0 Å². The summed E-state index contributed by atoms with van der Waals surface area (Å²) < 4.78 is 5.28. The average Bonchev–Trinajstić information content (AvgIpc) is 2.74. The van der Waals surface area contributed by atoms with Gasteiger partial charge in [0.1, 0.15) is 11.9 Å². The number of benzene rings is 3. The van der Waals surface area contributed by atoms with Gasteiger partial charge in [0, 0.05) is 11.4 Å². The summed E-state index contributed by atoms with van der Waals surface area (Å²) in [6, 6.07) is 23.7. The van der Waals surface area contributed by atoms with E-state index in [1.807, 2.05) is 65.6 Å². The lowest BCUT2D eigenvalue weighted by Crippen LogP contribution is -2.43. The molecule has 0 radical (unpaired) electrons. The molecule has 0 unspecified atom stereocenters. The largest absolute Gasteiger partial charge is 0.497 e. The minimum Gasteiger partial charge on any atom is -0.497 e. The van der Waals surface area contributed by atoms with E-state index in [-0.39, 0.29) is 12.1 Å². The molecule has 3 aromatic rings. The Morgan fingerprint density at radius 2 is 1.61 bits per heavy atom. The molecule has 1 atom stereocenters. The van der Waals surface area contributed by atoms with E-state index in [0.717, 1.165) is 22.7 Å². The van der Waals surface area contributed by atoms with Crippen molar-refractivity contribution in [3.63, 3.8) is 0 Å². The molecule has 4 heteroatoms. The van der Waals surface area contributed by atoms with E-state index in [2.05, 4.69) is 31.3 Å². The predicted molar refractivity (Wildman–Crippen MR) is 113 cm³/mol. The van der Waals surface area contributed by atoms with E-state index in [0.29, 0.717) is 11.5 Å². The van der Waals surface area contributed by atoms with E-state index in [1.54, 1.807) is 7.11 Å². The van der Waals surface area contributed by atoms with Crippen molar-refractivity contribution >= 4 is 17.3 Å². The molecule has 4 rings (SSSR count). The molecule has 1 aliphatic heterocycles. The van der Waals surface area contributed by atoms with Crippen molar-refractivity contribution in [2.45, 2.75) is 25.9 Å². The van der Waals surface area contributed by atoms with Crippen LogP contribution in [0.25, 0.3) is 0 Å². The first kappa shape index (κ1) is 18.1. The number of para-hydroxylation sites is 1. The van der Waals surface area contributed by atoms with Crippen LogP contribution in [0.5, 0.6) is 5.75 Å². The first-order valence-corrected chi connectivity index (χ1v) is 9.51. The van der Waals surface area contributed by atoms with E-state index >= 15 is 0 Å². The smallest absolute Gasteiger partial charge is 0.262 e. The highest BCUT2D eigenvalue weighted by molar-refractivity contribution is 6.12. The van der Waals surface area contributed by atoms with Crippen LogP contribution in [0.3, 0.4) is 0 Å². The molecule has 0 saturated heterocycles. The molecule has 0 aromatic heterocycles. The number of fused-ring (bicyclic) bond motifs is 1. The zero-order valence-electron chi connectivity index (χ0n) is 16.3. The van der Waals surface area contributed by atoms with Gasteiger partial charge in [-0.25, -0.2) is 0 Å². The molecule has 142 valence electrons. The molecule has 0 saturated carbocycles. The van der Waals surface area contributed by atoms with E-state index < -0.39 is 0 Å². The Kier molecular flexibility index (Phi) is 4.78. The Hall–Kier alpha value is -3.27. The van der Waals surface area contributed by atoms with Gasteiger partial charge in [-0.2, -0.15) is 0 Å². The fourth-order valence-electron chi connectivity index (χ4n) is 3.56. The second kappa shape index (κ2) is 7.39. The SMILES string of the molecule is COc1ccc([C@@H]2Nc3ccccc3C(=O)N2c2ccc(C(C)C)cc2)cc1. The zero-order valence-corrected chi connectivity index (χ0v) is 16.3. The van der Waals surface area contributed by atoms with Gasteiger partial charge in [-0.1, -0.05) is 50.2 Å². The van der Waals surface area contributed by atoms with Crippen LogP contribution in [-0.2, 0) is 0 Å². The summed E-state index contributed by atoms with van der Waals surface area (Å²) >= 11 is 0. The van der Waals surface area contributed by atoms with Crippen molar-refractivity contribution in [1.29, 1.82) is 0 Å². The Balaban J connectivity index is 1.79. The number of rotatable bonds is 4. The summed E-state index contributed by atoms with van der Waals surface area (Å²) in [5.74, 6) is 1.23. The lowest BCUT2D eigenvalue weighted by atomic mass is 10.00.